The second-order valence-electron chi connectivity index (χ2n) is 3.49. The molecule has 0 aliphatic rings. The number of nitrogens with zero attached hydrogens (tertiary/aromatic N) is 2. The lowest BCUT2D eigenvalue weighted by Crippen LogP contribution is -1.96. The molecule has 0 N–H and O–H groups in total. The van der Waals surface area contributed by atoms with Gasteiger partial charge in [-0.1, -0.05) is 26.5 Å². The van der Waals surface area contributed by atoms with Crippen LogP contribution in [0.1, 0.15) is 36.6 Å². The third-order valence-electron chi connectivity index (χ3n) is 2.11. The fourth-order valence-electron chi connectivity index (χ4n) is 1.22. The van der Waals surface area contributed by atoms with Crippen molar-refractivity contribution in [2.24, 2.45) is 4.99 Å². The van der Waals surface area contributed by atoms with Crippen LogP contribution in [0.15, 0.2) is 23.8 Å². The zero-order valence-corrected chi connectivity index (χ0v) is 8.99. The van der Waals surface area contributed by atoms with Crippen LogP contribution in [0.2, 0.25) is 0 Å². The molecule has 2 heteroatoms. The van der Waals surface area contributed by atoms with Crippen LogP contribution in [0.5, 0.6) is 0 Å². The summed E-state index contributed by atoms with van der Waals surface area (Å²) >= 11 is 0. The molecule has 1 aromatic rings. The molecular formula is C12H16N2. The Labute approximate surface area is 85.4 Å². The predicted molar refractivity (Wildman–Crippen MR) is 61.9 cm³/mol. The highest BCUT2D eigenvalue weighted by Gasteiger charge is 2.03. The van der Waals surface area contributed by atoms with E-state index in [0.717, 1.165) is 11.3 Å². The van der Waals surface area contributed by atoms with Gasteiger partial charge in [0.1, 0.15) is 0 Å². The summed E-state index contributed by atoms with van der Waals surface area (Å²) in [6, 6.07) is 2.11. The Morgan fingerprint density at radius 1 is 1.50 bits per heavy atom. The molecule has 14 heavy (non-hydrogen) atoms. The lowest BCUT2D eigenvalue weighted by molar-refractivity contribution is 0.857. The molecule has 0 saturated heterocycles. The highest BCUT2D eigenvalue weighted by molar-refractivity contribution is 5.82. The van der Waals surface area contributed by atoms with Crippen molar-refractivity contribution in [3.63, 3.8) is 0 Å². The Hall–Kier alpha value is -1.44. The van der Waals surface area contributed by atoms with Crippen LogP contribution in [0.25, 0.3) is 6.08 Å². The molecule has 0 aliphatic carbocycles. The van der Waals surface area contributed by atoms with Gasteiger partial charge >= 0.3 is 0 Å². The third kappa shape index (κ3) is 2.28. The largest absolute Gasteiger partial charge is 0.294 e. The molecule has 1 heterocycles. The van der Waals surface area contributed by atoms with Crippen LogP contribution in [0.4, 0.5) is 0 Å². The fraction of sp³-hybridized carbons (Fsp3) is 0.333. The maximum atomic E-state index is 4.34. The SMILES string of the molecule is C=Cc1cc(C(C)C)cnc1/C=N\C. The third-order valence-corrected chi connectivity index (χ3v) is 2.11. The minimum Gasteiger partial charge on any atom is -0.294 e. The molecule has 2 nitrogen and oxygen atoms in total. The standard InChI is InChI=1S/C12H16N2/c1-5-10-6-11(9(2)3)7-14-12(10)8-13-4/h5-9H,1H2,2-4H3/b13-8-. The smallest absolute Gasteiger partial charge is 0.0879 e. The molecular weight excluding hydrogens is 172 g/mol. The van der Waals surface area contributed by atoms with E-state index in [1.54, 1.807) is 13.3 Å². The number of aliphatic imine (C=N–C) groups is 1. The second-order valence-corrected chi connectivity index (χ2v) is 3.49. The Kier molecular flexibility index (Phi) is 3.57. The topological polar surface area (TPSA) is 25.2 Å². The first-order valence-corrected chi connectivity index (χ1v) is 4.73. The van der Waals surface area contributed by atoms with E-state index in [2.05, 4.69) is 36.5 Å². The van der Waals surface area contributed by atoms with Crippen LogP contribution in [0.3, 0.4) is 0 Å². The average Bonchev–Trinajstić information content (AvgIpc) is 2.18. The summed E-state index contributed by atoms with van der Waals surface area (Å²) in [7, 11) is 1.74. The summed E-state index contributed by atoms with van der Waals surface area (Å²) in [6.07, 6.45) is 5.46. The minimum absolute atomic E-state index is 0.494. The molecule has 0 unspecified atom stereocenters. The van der Waals surface area contributed by atoms with E-state index in [1.165, 1.54) is 5.56 Å². The van der Waals surface area contributed by atoms with E-state index in [1.807, 2.05) is 12.3 Å². The van der Waals surface area contributed by atoms with Crippen molar-refractivity contribution in [1.82, 2.24) is 4.98 Å². The Morgan fingerprint density at radius 2 is 2.21 bits per heavy atom. The van der Waals surface area contributed by atoms with Gasteiger partial charge in [0.25, 0.3) is 0 Å². The molecule has 0 bridgehead atoms. The van der Waals surface area contributed by atoms with Crippen LogP contribution < -0.4 is 0 Å². The first-order chi connectivity index (χ1) is 6.69. The van der Waals surface area contributed by atoms with Gasteiger partial charge in [-0.25, -0.2) is 0 Å². The normalized spacial score (nSPS) is 11.1. The van der Waals surface area contributed by atoms with Gasteiger partial charge in [-0.2, -0.15) is 0 Å². The number of hydrogen-bond donors (Lipinski definition) is 0. The van der Waals surface area contributed by atoms with Crippen LogP contribution in [-0.4, -0.2) is 18.2 Å². The Balaban J connectivity index is 3.17. The zero-order chi connectivity index (χ0) is 10.6. The Morgan fingerprint density at radius 3 is 2.71 bits per heavy atom. The molecule has 0 spiro atoms. The monoisotopic (exact) mass is 188 g/mol. The number of hydrogen-bond acceptors (Lipinski definition) is 2. The summed E-state index contributed by atoms with van der Waals surface area (Å²) in [5, 5.41) is 0. The van der Waals surface area contributed by atoms with Gasteiger partial charge in [0, 0.05) is 25.0 Å². The van der Waals surface area contributed by atoms with Crippen molar-refractivity contribution in [2.75, 3.05) is 7.05 Å². The van der Waals surface area contributed by atoms with Gasteiger partial charge in [-0.3, -0.25) is 9.98 Å². The first-order valence-electron chi connectivity index (χ1n) is 4.73. The zero-order valence-electron chi connectivity index (χ0n) is 8.99. The van der Waals surface area contributed by atoms with Gasteiger partial charge in [-0.15, -0.1) is 0 Å². The van der Waals surface area contributed by atoms with Gasteiger partial charge in [0.15, 0.2) is 0 Å². The van der Waals surface area contributed by atoms with Gasteiger partial charge in [0.2, 0.25) is 0 Å². The van der Waals surface area contributed by atoms with Crippen LogP contribution in [-0.2, 0) is 0 Å². The van der Waals surface area contributed by atoms with Crippen molar-refractivity contribution in [3.05, 3.63) is 35.7 Å². The van der Waals surface area contributed by atoms with Crippen molar-refractivity contribution >= 4 is 12.3 Å². The van der Waals surface area contributed by atoms with E-state index >= 15 is 0 Å². The minimum atomic E-state index is 0.494. The number of aromatic nitrogens is 1. The summed E-state index contributed by atoms with van der Waals surface area (Å²) < 4.78 is 0. The summed E-state index contributed by atoms with van der Waals surface area (Å²) in [5.74, 6) is 0.494. The lowest BCUT2D eigenvalue weighted by atomic mass is 10.0. The summed E-state index contributed by atoms with van der Waals surface area (Å²) in [4.78, 5) is 8.29. The molecule has 1 aromatic heterocycles. The van der Waals surface area contributed by atoms with Crippen molar-refractivity contribution < 1.29 is 0 Å². The highest BCUT2D eigenvalue weighted by Crippen LogP contribution is 2.16. The van der Waals surface area contributed by atoms with Crippen molar-refractivity contribution in [3.8, 4) is 0 Å². The van der Waals surface area contributed by atoms with Crippen molar-refractivity contribution in [1.29, 1.82) is 0 Å². The van der Waals surface area contributed by atoms with Crippen LogP contribution in [0, 0.1) is 0 Å². The van der Waals surface area contributed by atoms with E-state index in [0.29, 0.717) is 5.92 Å². The highest BCUT2D eigenvalue weighted by atomic mass is 14.7. The van der Waals surface area contributed by atoms with Gasteiger partial charge in [-0.05, 0) is 17.5 Å². The van der Waals surface area contributed by atoms with Gasteiger partial charge in [0.05, 0.1) is 5.69 Å². The quantitative estimate of drug-likeness (QED) is 0.669. The molecule has 0 aromatic carbocycles. The number of rotatable bonds is 3. The molecule has 74 valence electrons. The Bertz CT molecular complexity index is 351. The maximum Gasteiger partial charge on any atom is 0.0879 e. The van der Waals surface area contributed by atoms with E-state index < -0.39 is 0 Å². The van der Waals surface area contributed by atoms with Crippen molar-refractivity contribution in [2.45, 2.75) is 19.8 Å². The summed E-state index contributed by atoms with van der Waals surface area (Å²) in [6.45, 7) is 8.07. The molecule has 1 rings (SSSR count). The average molecular weight is 188 g/mol. The predicted octanol–water partition coefficient (Wildman–Crippen LogP) is 2.90. The number of pyridine rings is 1. The molecule has 0 atom stereocenters. The molecule has 0 radical (unpaired) electrons. The molecule has 0 amide bonds. The van der Waals surface area contributed by atoms with Crippen LogP contribution >= 0.6 is 0 Å². The molecule has 0 fully saturated rings. The lowest BCUT2D eigenvalue weighted by Gasteiger charge is -2.07. The van der Waals surface area contributed by atoms with Gasteiger partial charge < -0.3 is 0 Å². The van der Waals surface area contributed by atoms with E-state index in [-0.39, 0.29) is 0 Å². The molecule has 0 saturated carbocycles. The molecule has 0 aliphatic heterocycles. The maximum absolute atomic E-state index is 4.34. The second kappa shape index (κ2) is 4.70. The fourth-order valence-corrected chi connectivity index (χ4v) is 1.22. The van der Waals surface area contributed by atoms with E-state index in [4.69, 9.17) is 0 Å². The first kappa shape index (κ1) is 10.6. The summed E-state index contributed by atoms with van der Waals surface area (Å²) in [5.41, 5.74) is 3.15. The van der Waals surface area contributed by atoms with E-state index in [9.17, 15) is 0 Å².